The van der Waals surface area contributed by atoms with Gasteiger partial charge in [-0.05, 0) is 37.0 Å². The molecule has 0 unspecified atom stereocenters. The number of unbranched alkanes of at least 4 members (excludes halogenated alkanes) is 33. The third-order valence-corrected chi connectivity index (χ3v) is 12.9. The van der Waals surface area contributed by atoms with E-state index in [-0.39, 0.29) is 31.1 Å². The van der Waals surface area contributed by atoms with Crippen LogP contribution in [0.2, 0.25) is 0 Å². The van der Waals surface area contributed by atoms with Gasteiger partial charge in [0.25, 0.3) is 0 Å². The highest BCUT2D eigenvalue weighted by Crippen LogP contribution is 2.18. The van der Waals surface area contributed by atoms with Gasteiger partial charge in [-0.2, -0.15) is 0 Å². The van der Waals surface area contributed by atoms with Gasteiger partial charge in [-0.25, -0.2) is 0 Å². The van der Waals surface area contributed by atoms with Crippen molar-refractivity contribution >= 4 is 17.9 Å². The number of carbonyl (C=O) groups excluding carboxylic acids is 3. The van der Waals surface area contributed by atoms with E-state index in [0.29, 0.717) is 19.3 Å². The summed E-state index contributed by atoms with van der Waals surface area (Å²) in [5.41, 5.74) is 0. The van der Waals surface area contributed by atoms with Crippen molar-refractivity contribution in [2.45, 2.75) is 317 Å². The van der Waals surface area contributed by atoms with Crippen molar-refractivity contribution < 1.29 is 28.6 Å². The Hall–Kier alpha value is -1.59. The Labute approximate surface area is 393 Å². The molecule has 0 radical (unpaired) electrons. The van der Waals surface area contributed by atoms with Crippen LogP contribution in [0.4, 0.5) is 0 Å². The average molecular weight is 892 g/mol. The van der Waals surface area contributed by atoms with Crippen LogP contribution >= 0.6 is 0 Å². The minimum atomic E-state index is -0.763. The maximum absolute atomic E-state index is 12.8. The van der Waals surface area contributed by atoms with Crippen LogP contribution in [0, 0.1) is 17.8 Å². The molecule has 0 spiro atoms. The second kappa shape index (κ2) is 48.3. The van der Waals surface area contributed by atoms with Gasteiger partial charge >= 0.3 is 17.9 Å². The standard InChI is InChI=1S/C57H110O6/c1-51(2)43-37-31-25-19-15-11-8-7-9-13-17-21-28-34-40-46-55(58)61-49-54(50-62-56(59)47-41-35-29-24-23-27-33-39-45-53(5)6)63-57(60)48-42-36-30-22-18-14-10-12-16-20-26-32-38-44-52(3)4/h51-54H,7-50H2,1-6H3/t54-/m1/s1. The van der Waals surface area contributed by atoms with Crippen LogP contribution in [0.25, 0.3) is 0 Å². The van der Waals surface area contributed by atoms with Crippen LogP contribution in [0.5, 0.6) is 0 Å². The Morgan fingerprint density at radius 3 is 0.683 bits per heavy atom. The Kier molecular flexibility index (Phi) is 47.1. The predicted molar refractivity (Wildman–Crippen MR) is 270 cm³/mol. The van der Waals surface area contributed by atoms with Crippen LogP contribution in [0.1, 0.15) is 311 Å². The van der Waals surface area contributed by atoms with Gasteiger partial charge in [0, 0.05) is 19.3 Å². The van der Waals surface area contributed by atoms with Gasteiger partial charge in [0.05, 0.1) is 0 Å². The highest BCUT2D eigenvalue weighted by molar-refractivity contribution is 5.71. The molecule has 63 heavy (non-hydrogen) atoms. The normalized spacial score (nSPS) is 12.1. The molecule has 0 rings (SSSR count). The summed E-state index contributed by atoms with van der Waals surface area (Å²) < 4.78 is 16.9. The smallest absolute Gasteiger partial charge is 0.306 e. The molecule has 0 bridgehead atoms. The summed E-state index contributed by atoms with van der Waals surface area (Å²) in [4.78, 5) is 38.1. The third-order valence-electron chi connectivity index (χ3n) is 12.9. The first-order chi connectivity index (χ1) is 30.6. The monoisotopic (exact) mass is 891 g/mol. The fourth-order valence-electron chi connectivity index (χ4n) is 8.65. The minimum Gasteiger partial charge on any atom is -0.462 e. The molecule has 0 N–H and O–H groups in total. The number of hydrogen-bond acceptors (Lipinski definition) is 6. The second-order valence-corrected chi connectivity index (χ2v) is 21.0. The number of carbonyl (C=O) groups is 3. The number of hydrogen-bond donors (Lipinski definition) is 0. The summed E-state index contributed by atoms with van der Waals surface area (Å²) in [7, 11) is 0. The quantitative estimate of drug-likeness (QED) is 0.0344. The summed E-state index contributed by atoms with van der Waals surface area (Å²) in [5, 5.41) is 0. The van der Waals surface area contributed by atoms with Crippen molar-refractivity contribution in [2.75, 3.05) is 13.2 Å². The molecular weight excluding hydrogens is 781 g/mol. The molecule has 0 aliphatic carbocycles. The minimum absolute atomic E-state index is 0.0640. The third kappa shape index (κ3) is 51.3. The molecule has 0 aromatic heterocycles. The van der Waals surface area contributed by atoms with Crippen molar-refractivity contribution in [1.82, 2.24) is 0 Å². The number of esters is 3. The van der Waals surface area contributed by atoms with E-state index in [9.17, 15) is 14.4 Å². The first-order valence-corrected chi connectivity index (χ1v) is 28.1. The van der Waals surface area contributed by atoms with E-state index < -0.39 is 6.10 Å². The SMILES string of the molecule is CC(C)CCCCCCCCCCCCCCCCCC(=O)OC[C@H](COC(=O)CCCCCCCCCCC(C)C)OC(=O)CCCCCCCCCCCCCCCC(C)C. The lowest BCUT2D eigenvalue weighted by molar-refractivity contribution is -0.167. The van der Waals surface area contributed by atoms with Crippen LogP contribution in [0.3, 0.4) is 0 Å². The van der Waals surface area contributed by atoms with E-state index in [1.807, 2.05) is 0 Å². The molecule has 0 saturated heterocycles. The van der Waals surface area contributed by atoms with Gasteiger partial charge in [-0.15, -0.1) is 0 Å². The van der Waals surface area contributed by atoms with Gasteiger partial charge in [-0.3, -0.25) is 14.4 Å². The maximum Gasteiger partial charge on any atom is 0.306 e. The van der Waals surface area contributed by atoms with Crippen molar-refractivity contribution in [1.29, 1.82) is 0 Å². The molecule has 0 aromatic rings. The molecule has 0 aromatic carbocycles. The van der Waals surface area contributed by atoms with Crippen molar-refractivity contribution in [2.24, 2.45) is 17.8 Å². The molecular formula is C57H110O6. The van der Waals surface area contributed by atoms with Crippen LogP contribution in [0.15, 0.2) is 0 Å². The van der Waals surface area contributed by atoms with Gasteiger partial charge < -0.3 is 14.2 Å². The lowest BCUT2D eigenvalue weighted by Crippen LogP contribution is -2.30. The fourth-order valence-corrected chi connectivity index (χ4v) is 8.65. The molecule has 0 amide bonds. The van der Waals surface area contributed by atoms with Gasteiger partial charge in [-0.1, -0.05) is 273 Å². The topological polar surface area (TPSA) is 78.9 Å². The van der Waals surface area contributed by atoms with E-state index in [4.69, 9.17) is 14.2 Å². The highest BCUT2D eigenvalue weighted by atomic mass is 16.6. The molecule has 6 heteroatoms. The van der Waals surface area contributed by atoms with Crippen LogP contribution in [-0.4, -0.2) is 37.2 Å². The Bertz CT molecular complexity index is 976. The zero-order chi connectivity index (χ0) is 46.3. The van der Waals surface area contributed by atoms with E-state index >= 15 is 0 Å². The zero-order valence-corrected chi connectivity index (χ0v) is 43.4. The summed E-state index contributed by atoms with van der Waals surface area (Å²) in [6, 6.07) is 0. The predicted octanol–water partition coefficient (Wildman–Crippen LogP) is 18.3. The van der Waals surface area contributed by atoms with Crippen molar-refractivity contribution in [3.8, 4) is 0 Å². The van der Waals surface area contributed by atoms with Gasteiger partial charge in [0.1, 0.15) is 13.2 Å². The van der Waals surface area contributed by atoms with Crippen molar-refractivity contribution in [3.63, 3.8) is 0 Å². The fraction of sp³-hybridized carbons (Fsp3) is 0.947. The first kappa shape index (κ1) is 61.4. The Morgan fingerprint density at radius 2 is 0.460 bits per heavy atom. The summed E-state index contributed by atoms with van der Waals surface area (Å²) in [5.74, 6) is 1.64. The Balaban J connectivity index is 4.27. The molecule has 0 heterocycles. The number of ether oxygens (including phenoxy) is 3. The molecule has 0 aliphatic heterocycles. The molecule has 0 fully saturated rings. The summed E-state index contributed by atoms with van der Waals surface area (Å²) in [6.45, 7) is 13.7. The lowest BCUT2D eigenvalue weighted by atomic mass is 10.0. The lowest BCUT2D eigenvalue weighted by Gasteiger charge is -2.18. The van der Waals surface area contributed by atoms with Crippen LogP contribution in [-0.2, 0) is 28.6 Å². The second-order valence-electron chi connectivity index (χ2n) is 21.0. The summed E-state index contributed by atoms with van der Waals surface area (Å²) in [6.07, 6.45) is 49.6. The first-order valence-electron chi connectivity index (χ1n) is 28.1. The van der Waals surface area contributed by atoms with Gasteiger partial charge in [0.15, 0.2) is 6.10 Å². The van der Waals surface area contributed by atoms with E-state index in [0.717, 1.165) is 75.5 Å². The van der Waals surface area contributed by atoms with Crippen LogP contribution < -0.4 is 0 Å². The average Bonchev–Trinajstić information content (AvgIpc) is 3.24. The summed E-state index contributed by atoms with van der Waals surface area (Å²) >= 11 is 0. The zero-order valence-electron chi connectivity index (χ0n) is 43.4. The number of rotatable bonds is 50. The van der Waals surface area contributed by atoms with E-state index in [1.165, 1.54) is 193 Å². The van der Waals surface area contributed by atoms with E-state index in [1.54, 1.807) is 0 Å². The molecule has 0 saturated carbocycles. The molecule has 1 atom stereocenters. The molecule has 0 aliphatic rings. The van der Waals surface area contributed by atoms with E-state index in [2.05, 4.69) is 41.5 Å². The molecule has 6 nitrogen and oxygen atoms in total. The van der Waals surface area contributed by atoms with Gasteiger partial charge in [0.2, 0.25) is 0 Å². The molecule has 374 valence electrons. The maximum atomic E-state index is 12.8. The Morgan fingerprint density at radius 1 is 0.270 bits per heavy atom. The highest BCUT2D eigenvalue weighted by Gasteiger charge is 2.19. The van der Waals surface area contributed by atoms with Crippen molar-refractivity contribution in [3.05, 3.63) is 0 Å². The largest absolute Gasteiger partial charge is 0.462 e.